The maximum atomic E-state index is 12.5. The number of hydrogen-bond acceptors (Lipinski definition) is 3. The predicted octanol–water partition coefficient (Wildman–Crippen LogP) is 2.77. The first-order valence-corrected chi connectivity index (χ1v) is 8.88. The molecule has 1 unspecified atom stereocenters. The van der Waals surface area contributed by atoms with Crippen LogP contribution in [0.5, 0.6) is 0 Å². The van der Waals surface area contributed by atoms with Gasteiger partial charge in [0.2, 0.25) is 0 Å². The van der Waals surface area contributed by atoms with Crippen LogP contribution in [0, 0.1) is 6.92 Å². The molecule has 134 valence electrons. The number of aryl methyl sites for hydroxylation is 1. The number of nitrogens with zero attached hydrogens (tertiary/aromatic N) is 2. The van der Waals surface area contributed by atoms with E-state index in [1.807, 2.05) is 6.92 Å². The largest absolute Gasteiger partial charge is 0.389 e. The molecule has 5 nitrogen and oxygen atoms in total. The van der Waals surface area contributed by atoms with Crippen LogP contribution in [0.25, 0.3) is 0 Å². The molecule has 2 rings (SSSR count). The van der Waals surface area contributed by atoms with Crippen LogP contribution in [0.4, 0.5) is 10.5 Å². The Kier molecular flexibility index (Phi) is 6.10. The number of nitrogens with one attached hydrogen (secondary N) is 1. The molecule has 24 heavy (non-hydrogen) atoms. The number of amides is 2. The summed E-state index contributed by atoms with van der Waals surface area (Å²) >= 11 is 0. The van der Waals surface area contributed by atoms with Crippen molar-refractivity contribution in [2.75, 3.05) is 31.1 Å². The van der Waals surface area contributed by atoms with E-state index in [0.29, 0.717) is 13.1 Å². The summed E-state index contributed by atoms with van der Waals surface area (Å²) in [4.78, 5) is 16.5. The molecule has 0 aliphatic carbocycles. The van der Waals surface area contributed by atoms with Crippen molar-refractivity contribution in [1.29, 1.82) is 0 Å². The summed E-state index contributed by atoms with van der Waals surface area (Å²) < 4.78 is 0. The van der Waals surface area contributed by atoms with Crippen LogP contribution in [0.1, 0.15) is 39.2 Å². The van der Waals surface area contributed by atoms with E-state index >= 15 is 0 Å². The fourth-order valence-corrected chi connectivity index (χ4v) is 3.15. The van der Waals surface area contributed by atoms with Gasteiger partial charge in [0.05, 0.1) is 12.1 Å². The lowest BCUT2D eigenvalue weighted by molar-refractivity contribution is 0.0475. The molecule has 0 spiro atoms. The highest BCUT2D eigenvalue weighted by Crippen LogP contribution is 2.20. The van der Waals surface area contributed by atoms with Crippen molar-refractivity contribution >= 4 is 11.7 Å². The lowest BCUT2D eigenvalue weighted by Gasteiger charge is -2.36. The highest BCUT2D eigenvalue weighted by Gasteiger charge is 2.26. The maximum Gasteiger partial charge on any atom is 0.317 e. The number of likely N-dealkylation sites (N-methyl/N-ethyl adjacent to an activating group) is 1. The molecule has 1 aliphatic rings. The van der Waals surface area contributed by atoms with Gasteiger partial charge in [-0.3, -0.25) is 0 Å². The normalized spacial score (nSPS) is 18.4. The van der Waals surface area contributed by atoms with Crippen LogP contribution in [0.15, 0.2) is 24.3 Å². The number of carbonyl (C=O) groups excluding carboxylic acids is 1. The molecular formula is C19H31N3O2. The van der Waals surface area contributed by atoms with Gasteiger partial charge in [0.1, 0.15) is 0 Å². The van der Waals surface area contributed by atoms with Gasteiger partial charge in [0.25, 0.3) is 0 Å². The van der Waals surface area contributed by atoms with Gasteiger partial charge in [0, 0.05) is 31.4 Å². The first-order chi connectivity index (χ1) is 11.3. The molecule has 1 aromatic rings. The summed E-state index contributed by atoms with van der Waals surface area (Å²) in [7, 11) is 0. The number of rotatable bonds is 5. The van der Waals surface area contributed by atoms with E-state index in [2.05, 4.69) is 41.4 Å². The second-order valence-electron chi connectivity index (χ2n) is 7.40. The van der Waals surface area contributed by atoms with E-state index in [4.69, 9.17) is 0 Å². The van der Waals surface area contributed by atoms with Gasteiger partial charge in [-0.1, -0.05) is 17.7 Å². The van der Waals surface area contributed by atoms with Gasteiger partial charge < -0.3 is 20.2 Å². The molecule has 0 saturated carbocycles. The predicted molar refractivity (Wildman–Crippen MR) is 98.5 cm³/mol. The Morgan fingerprint density at radius 1 is 1.38 bits per heavy atom. The zero-order valence-corrected chi connectivity index (χ0v) is 15.4. The Balaban J connectivity index is 1.94. The molecule has 2 amide bonds. The van der Waals surface area contributed by atoms with Crippen molar-refractivity contribution < 1.29 is 9.90 Å². The second kappa shape index (κ2) is 7.88. The second-order valence-corrected chi connectivity index (χ2v) is 7.40. The molecule has 1 aliphatic heterocycles. The molecule has 1 aromatic carbocycles. The molecule has 5 heteroatoms. The van der Waals surface area contributed by atoms with Gasteiger partial charge in [-0.15, -0.1) is 0 Å². The number of aliphatic hydroxyl groups is 1. The number of carbonyl (C=O) groups is 1. The minimum absolute atomic E-state index is 0.0876. The first-order valence-electron chi connectivity index (χ1n) is 8.88. The fraction of sp³-hybridized carbons (Fsp3) is 0.632. The SMILES string of the molecule is CCN(CC(C)(C)O)C(=O)NC1CCCN(c2ccc(C)cc2)C1. The number of anilines is 1. The quantitative estimate of drug-likeness (QED) is 0.871. The minimum Gasteiger partial charge on any atom is -0.389 e. The van der Waals surface area contributed by atoms with Gasteiger partial charge >= 0.3 is 6.03 Å². The summed E-state index contributed by atoms with van der Waals surface area (Å²) in [5.41, 5.74) is 1.59. The summed E-state index contributed by atoms with van der Waals surface area (Å²) in [6.45, 7) is 10.3. The average Bonchev–Trinajstić information content (AvgIpc) is 2.52. The van der Waals surface area contributed by atoms with Crippen LogP contribution in [-0.2, 0) is 0 Å². The summed E-state index contributed by atoms with van der Waals surface area (Å²) in [6.07, 6.45) is 2.06. The zero-order chi connectivity index (χ0) is 17.7. The van der Waals surface area contributed by atoms with Crippen molar-refractivity contribution in [3.05, 3.63) is 29.8 Å². The van der Waals surface area contributed by atoms with Gasteiger partial charge in [0.15, 0.2) is 0 Å². The molecular weight excluding hydrogens is 302 g/mol. The van der Waals surface area contributed by atoms with Crippen molar-refractivity contribution in [3.63, 3.8) is 0 Å². The third kappa shape index (κ3) is 5.41. The van der Waals surface area contributed by atoms with E-state index in [0.717, 1.165) is 25.9 Å². The molecule has 1 atom stereocenters. The maximum absolute atomic E-state index is 12.5. The van der Waals surface area contributed by atoms with Crippen molar-refractivity contribution in [2.24, 2.45) is 0 Å². The minimum atomic E-state index is -0.881. The van der Waals surface area contributed by atoms with E-state index in [1.54, 1.807) is 18.7 Å². The van der Waals surface area contributed by atoms with Crippen LogP contribution in [0.3, 0.4) is 0 Å². The van der Waals surface area contributed by atoms with Gasteiger partial charge in [-0.2, -0.15) is 0 Å². The molecule has 1 saturated heterocycles. The highest BCUT2D eigenvalue weighted by molar-refractivity contribution is 5.74. The van der Waals surface area contributed by atoms with Gasteiger partial charge in [-0.05, 0) is 52.7 Å². The Morgan fingerprint density at radius 2 is 2.04 bits per heavy atom. The fourth-order valence-electron chi connectivity index (χ4n) is 3.15. The van der Waals surface area contributed by atoms with E-state index in [1.165, 1.54) is 11.3 Å². The van der Waals surface area contributed by atoms with Crippen LogP contribution < -0.4 is 10.2 Å². The first kappa shape index (κ1) is 18.6. The number of urea groups is 1. The number of hydrogen-bond donors (Lipinski definition) is 2. The molecule has 0 radical (unpaired) electrons. The summed E-state index contributed by atoms with van der Waals surface area (Å²) in [6, 6.07) is 8.59. The van der Waals surface area contributed by atoms with Crippen LogP contribution in [0.2, 0.25) is 0 Å². The number of piperidine rings is 1. The van der Waals surface area contributed by atoms with E-state index in [-0.39, 0.29) is 12.1 Å². The Labute approximate surface area is 145 Å². The number of benzene rings is 1. The summed E-state index contributed by atoms with van der Waals surface area (Å²) in [5, 5.41) is 13.1. The van der Waals surface area contributed by atoms with Crippen molar-refractivity contribution in [3.8, 4) is 0 Å². The third-order valence-electron chi connectivity index (χ3n) is 4.39. The summed E-state index contributed by atoms with van der Waals surface area (Å²) in [5.74, 6) is 0. The van der Waals surface area contributed by atoms with E-state index < -0.39 is 5.60 Å². The van der Waals surface area contributed by atoms with Crippen LogP contribution in [-0.4, -0.2) is 53.9 Å². The smallest absolute Gasteiger partial charge is 0.317 e. The van der Waals surface area contributed by atoms with Gasteiger partial charge in [-0.25, -0.2) is 4.79 Å². The standard InChI is InChI=1S/C19H31N3O2/c1-5-21(14-19(3,4)24)18(23)20-16-7-6-12-22(13-16)17-10-8-15(2)9-11-17/h8-11,16,24H,5-7,12-14H2,1-4H3,(H,20,23). The monoisotopic (exact) mass is 333 g/mol. The Bertz CT molecular complexity index is 537. The van der Waals surface area contributed by atoms with Crippen molar-refractivity contribution in [1.82, 2.24) is 10.2 Å². The lowest BCUT2D eigenvalue weighted by atomic mass is 10.0. The molecule has 0 bridgehead atoms. The highest BCUT2D eigenvalue weighted by atomic mass is 16.3. The third-order valence-corrected chi connectivity index (χ3v) is 4.39. The molecule has 2 N–H and O–H groups in total. The molecule has 1 fully saturated rings. The Hall–Kier alpha value is -1.75. The molecule has 0 aromatic heterocycles. The van der Waals surface area contributed by atoms with Crippen LogP contribution >= 0.6 is 0 Å². The topological polar surface area (TPSA) is 55.8 Å². The average molecular weight is 333 g/mol. The van der Waals surface area contributed by atoms with Crippen molar-refractivity contribution in [2.45, 2.75) is 52.2 Å². The van der Waals surface area contributed by atoms with E-state index in [9.17, 15) is 9.90 Å². The molecule has 1 heterocycles. The zero-order valence-electron chi connectivity index (χ0n) is 15.4. The Morgan fingerprint density at radius 3 is 2.62 bits per heavy atom. The lowest BCUT2D eigenvalue weighted by Crippen LogP contribution is -2.53.